The molecule has 4 aromatic carbocycles. The molecule has 0 aliphatic carbocycles. The molecule has 11 heteroatoms. The van der Waals surface area contributed by atoms with Gasteiger partial charge in [-0.1, -0.05) is 44.9 Å². The number of carboxylic acids is 1. The van der Waals surface area contributed by atoms with Crippen LogP contribution < -0.4 is 24.0 Å². The number of rotatable bonds is 13. The number of hydrogen-bond acceptors (Lipinski definition) is 8. The smallest absolute Gasteiger partial charge is 0.309 e. The largest absolute Gasteiger partial charge is 0.497 e. The Morgan fingerprint density at radius 2 is 1.54 bits per heavy atom. The van der Waals surface area contributed by atoms with Crippen molar-refractivity contribution in [2.75, 3.05) is 43.3 Å². The lowest BCUT2D eigenvalue weighted by Crippen LogP contribution is -2.29. The van der Waals surface area contributed by atoms with E-state index in [1.54, 1.807) is 7.11 Å². The maximum absolute atomic E-state index is 12.9. The first-order chi connectivity index (χ1) is 24.2. The van der Waals surface area contributed by atoms with E-state index in [1.807, 2.05) is 42.5 Å². The molecule has 0 aromatic heterocycles. The zero-order valence-electron chi connectivity index (χ0n) is 28.7. The second-order valence-corrected chi connectivity index (χ2v) is 12.4. The Morgan fingerprint density at radius 3 is 2.12 bits per heavy atom. The topological polar surface area (TPSA) is 115 Å². The predicted molar refractivity (Wildman–Crippen MR) is 191 cm³/mol. The molecule has 50 heavy (non-hydrogen) atoms. The first-order valence-corrected chi connectivity index (χ1v) is 17.0. The van der Waals surface area contributed by atoms with Crippen LogP contribution >= 0.6 is 0 Å². The summed E-state index contributed by atoms with van der Waals surface area (Å²) in [6.45, 7) is 7.30. The van der Waals surface area contributed by atoms with Crippen molar-refractivity contribution in [3.63, 3.8) is 0 Å². The average molecular weight is 686 g/mol. The molecule has 0 spiro atoms. The fourth-order valence-electron chi connectivity index (χ4n) is 6.56. The highest BCUT2D eigenvalue weighted by Gasteiger charge is 2.48. The number of carbonyl (C=O) groups is 1. The molecule has 2 heterocycles. The van der Waals surface area contributed by atoms with E-state index in [1.165, 1.54) is 5.69 Å². The Labute approximate surface area is 292 Å². The number of carboxylic acid groups (broad SMARTS) is 1. The Kier molecular flexibility index (Phi) is 12.1. The van der Waals surface area contributed by atoms with Crippen molar-refractivity contribution in [3.8, 4) is 17.2 Å². The van der Waals surface area contributed by atoms with Gasteiger partial charge in [0.2, 0.25) is 6.79 Å². The van der Waals surface area contributed by atoms with Crippen LogP contribution in [0.15, 0.2) is 91.0 Å². The zero-order chi connectivity index (χ0) is 35.6. The summed E-state index contributed by atoms with van der Waals surface area (Å²) in [6, 6.07) is 26.3. The van der Waals surface area contributed by atoms with Gasteiger partial charge in [0.15, 0.2) is 11.5 Å². The molecule has 1 N–H and O–H groups in total. The second-order valence-electron chi connectivity index (χ2n) is 12.4. The monoisotopic (exact) mass is 685 g/mol. The van der Waals surface area contributed by atoms with Gasteiger partial charge in [-0.25, -0.2) is 4.39 Å². The number of unbranched alkanes of at least 4 members (excludes halogenated alkanes) is 2. The third-order valence-corrected chi connectivity index (χ3v) is 9.22. The maximum Gasteiger partial charge on any atom is 0.309 e. The minimum atomic E-state index is -0.812. The minimum absolute atomic E-state index is 0.0959. The molecule has 264 valence electrons. The minimum Gasteiger partial charge on any atom is -0.497 e. The number of methoxy groups -OCH3 is 1. The van der Waals surface area contributed by atoms with E-state index in [4.69, 9.17) is 14.2 Å². The van der Waals surface area contributed by atoms with Crippen LogP contribution in [0.5, 0.6) is 17.2 Å². The predicted octanol–water partition coefficient (Wildman–Crippen LogP) is 8.61. The first-order valence-electron chi connectivity index (χ1n) is 17.0. The summed E-state index contributed by atoms with van der Waals surface area (Å²) < 4.78 is 28.6. The van der Waals surface area contributed by atoms with E-state index in [0.717, 1.165) is 85.6 Å². The van der Waals surface area contributed by atoms with Gasteiger partial charge < -0.3 is 29.1 Å². The highest BCUT2D eigenvalue weighted by molar-refractivity contribution is 5.76. The normalized spacial score (nSPS) is 17.5. The molecule has 0 saturated carbocycles. The fraction of sp³-hybridized carbons (Fsp3) is 0.359. The standard InChI is InChI=1S/C33H40N2O5.C6H4FNO2/c1-4-6-18-34(19-7-5-2)25-11-13-26(14-12-25)35-21-28(24-10-17-29-30(20-24)40-22-39-29)31(33(36)37)32(35)23-8-15-27(38-3)16-9-23;7-5-1-3-6(4-2-5)8(9)10/h8-17,20,28,31-32H,4-7,18-19,21-22H2,1-3H3,(H,36,37);1-4H. The molecule has 0 amide bonds. The molecule has 1 saturated heterocycles. The number of fused-ring (bicyclic) bond motifs is 1. The van der Waals surface area contributed by atoms with Gasteiger partial charge >= 0.3 is 5.97 Å². The Morgan fingerprint density at radius 1 is 0.920 bits per heavy atom. The summed E-state index contributed by atoms with van der Waals surface area (Å²) in [5.74, 6) is -0.0498. The SMILES string of the molecule is CCCCN(CCCC)c1ccc(N2CC(c3ccc4c(c3)OCO4)C(C(=O)O)C2c2ccc(OC)cc2)cc1.O=[N+]([O-])c1ccc(F)cc1. The molecule has 10 nitrogen and oxygen atoms in total. The van der Waals surface area contributed by atoms with E-state index < -0.39 is 22.6 Å². The van der Waals surface area contributed by atoms with Gasteiger partial charge in [-0.05, 0) is 84.6 Å². The van der Waals surface area contributed by atoms with E-state index in [9.17, 15) is 24.4 Å². The summed E-state index contributed by atoms with van der Waals surface area (Å²) in [7, 11) is 1.64. The number of anilines is 2. The van der Waals surface area contributed by atoms with Gasteiger partial charge in [0, 0.05) is 49.1 Å². The number of ether oxygens (including phenoxy) is 3. The Bertz CT molecular complexity index is 1710. The van der Waals surface area contributed by atoms with Crippen molar-refractivity contribution in [2.24, 2.45) is 5.92 Å². The van der Waals surface area contributed by atoms with Crippen LogP contribution in [0.2, 0.25) is 0 Å². The molecular weight excluding hydrogens is 641 g/mol. The van der Waals surface area contributed by atoms with E-state index in [-0.39, 0.29) is 24.4 Å². The molecule has 2 aliphatic rings. The van der Waals surface area contributed by atoms with Crippen LogP contribution in [0, 0.1) is 21.8 Å². The summed E-state index contributed by atoms with van der Waals surface area (Å²) in [4.78, 5) is 27.1. The quantitative estimate of drug-likeness (QED) is 0.109. The van der Waals surface area contributed by atoms with Crippen LogP contribution in [-0.2, 0) is 4.79 Å². The van der Waals surface area contributed by atoms with Crippen molar-refractivity contribution in [3.05, 3.63) is 118 Å². The molecule has 6 rings (SSSR count). The highest BCUT2D eigenvalue weighted by Crippen LogP contribution is 2.49. The average Bonchev–Trinajstić information content (AvgIpc) is 3.78. The molecule has 1 fully saturated rings. The summed E-state index contributed by atoms with van der Waals surface area (Å²) in [5, 5.41) is 20.6. The third kappa shape index (κ3) is 8.45. The van der Waals surface area contributed by atoms with Crippen molar-refractivity contribution >= 4 is 23.0 Å². The molecule has 3 atom stereocenters. The number of non-ortho nitro benzene ring substituents is 1. The lowest BCUT2D eigenvalue weighted by Gasteiger charge is -2.30. The number of nitrogens with zero attached hydrogens (tertiary/aromatic N) is 3. The highest BCUT2D eigenvalue weighted by atomic mass is 19.1. The number of aliphatic carboxylic acids is 1. The van der Waals surface area contributed by atoms with Crippen LogP contribution in [0.1, 0.15) is 62.6 Å². The van der Waals surface area contributed by atoms with Crippen molar-refractivity contribution in [2.45, 2.75) is 51.5 Å². The molecule has 2 aliphatic heterocycles. The van der Waals surface area contributed by atoms with E-state index in [2.05, 4.69) is 47.9 Å². The van der Waals surface area contributed by atoms with E-state index in [0.29, 0.717) is 18.0 Å². The maximum atomic E-state index is 12.9. The van der Waals surface area contributed by atoms with Crippen LogP contribution in [0.4, 0.5) is 21.5 Å². The molecule has 0 bridgehead atoms. The zero-order valence-corrected chi connectivity index (χ0v) is 28.7. The second kappa shape index (κ2) is 16.9. The van der Waals surface area contributed by atoms with Gasteiger partial charge in [-0.3, -0.25) is 14.9 Å². The lowest BCUT2D eigenvalue weighted by molar-refractivity contribution is -0.384. The number of nitro benzene ring substituents is 1. The van der Waals surface area contributed by atoms with Gasteiger partial charge in [-0.15, -0.1) is 0 Å². The molecular formula is C39H44FN3O7. The van der Waals surface area contributed by atoms with Gasteiger partial charge in [0.1, 0.15) is 11.6 Å². The third-order valence-electron chi connectivity index (χ3n) is 9.22. The van der Waals surface area contributed by atoms with Gasteiger partial charge in [0.05, 0.1) is 24.0 Å². The Balaban J connectivity index is 0.000000418. The molecule has 4 aromatic rings. The van der Waals surface area contributed by atoms with Crippen LogP contribution in [0.3, 0.4) is 0 Å². The summed E-state index contributed by atoms with van der Waals surface area (Å²) in [6.07, 6.45) is 4.65. The summed E-state index contributed by atoms with van der Waals surface area (Å²) >= 11 is 0. The van der Waals surface area contributed by atoms with E-state index >= 15 is 0 Å². The van der Waals surface area contributed by atoms with Gasteiger partial charge in [-0.2, -0.15) is 0 Å². The van der Waals surface area contributed by atoms with Crippen molar-refractivity contribution in [1.29, 1.82) is 0 Å². The molecule has 3 unspecified atom stereocenters. The number of benzene rings is 4. The Hall–Kier alpha value is -5.32. The fourth-order valence-corrected chi connectivity index (χ4v) is 6.56. The van der Waals surface area contributed by atoms with Crippen LogP contribution in [-0.4, -0.2) is 49.5 Å². The number of nitro groups is 1. The van der Waals surface area contributed by atoms with Crippen molar-refractivity contribution < 1.29 is 33.4 Å². The van der Waals surface area contributed by atoms with Crippen molar-refractivity contribution in [1.82, 2.24) is 0 Å². The first kappa shape index (κ1) is 36.0. The number of hydrogen-bond donors (Lipinski definition) is 1. The lowest BCUT2D eigenvalue weighted by atomic mass is 9.82. The van der Waals surface area contributed by atoms with Gasteiger partial charge in [0.25, 0.3) is 5.69 Å². The number of halogens is 1. The summed E-state index contributed by atoms with van der Waals surface area (Å²) in [5.41, 5.74) is 4.03. The molecule has 0 radical (unpaired) electrons. The van der Waals surface area contributed by atoms with Crippen LogP contribution in [0.25, 0.3) is 0 Å².